The predicted octanol–water partition coefficient (Wildman–Crippen LogP) is 7.21. The Hall–Kier alpha value is -3.07. The van der Waals surface area contributed by atoms with E-state index >= 15 is 0 Å². The van der Waals surface area contributed by atoms with Crippen molar-refractivity contribution in [3.8, 4) is 0 Å². The summed E-state index contributed by atoms with van der Waals surface area (Å²) in [5.41, 5.74) is 3.10. The molecule has 3 aromatic rings. The lowest BCUT2D eigenvalue weighted by molar-refractivity contribution is 0.0943. The van der Waals surface area contributed by atoms with Crippen LogP contribution in [0.1, 0.15) is 53.6 Å². The standard InChI is InChI=1S/C34H38ClFN4O2S/c35-29-11-10-28(36)21-27(29)23-40-30-22-26(9-12-31(30)43-32-8-4-5-16-39(32)34(40)42)33(41)37-15-19-38-17-13-25(14-18-38)20-24-6-2-1-3-7-24/h1-3,6-7,9-12,21-22,25,32H,4-5,8,13-20,23H2,(H,37,41)/t32-/m0/s1. The minimum Gasteiger partial charge on any atom is -0.351 e. The van der Waals surface area contributed by atoms with Crippen molar-refractivity contribution in [2.75, 3.05) is 37.6 Å². The van der Waals surface area contributed by atoms with Gasteiger partial charge in [0.05, 0.1) is 17.6 Å². The van der Waals surface area contributed by atoms with E-state index in [4.69, 9.17) is 11.6 Å². The van der Waals surface area contributed by atoms with Gasteiger partial charge in [0.15, 0.2) is 0 Å². The number of nitrogens with zero attached hydrogens (tertiary/aromatic N) is 3. The van der Waals surface area contributed by atoms with Gasteiger partial charge >= 0.3 is 6.03 Å². The Balaban J connectivity index is 1.11. The number of urea groups is 1. The normalized spacial score (nSPS) is 19.5. The smallest absolute Gasteiger partial charge is 0.325 e. The maximum absolute atomic E-state index is 14.1. The first-order valence-corrected chi connectivity index (χ1v) is 16.6. The topological polar surface area (TPSA) is 55.9 Å². The summed E-state index contributed by atoms with van der Waals surface area (Å²) in [6, 6.07) is 20.4. The Morgan fingerprint density at radius 3 is 2.60 bits per heavy atom. The van der Waals surface area contributed by atoms with Crippen LogP contribution in [0.3, 0.4) is 0 Å². The Kier molecular flexibility index (Phi) is 9.55. The summed E-state index contributed by atoms with van der Waals surface area (Å²) >= 11 is 8.09. The van der Waals surface area contributed by atoms with Crippen LogP contribution in [0.25, 0.3) is 0 Å². The van der Waals surface area contributed by atoms with Crippen LogP contribution in [0.5, 0.6) is 0 Å². The monoisotopic (exact) mass is 620 g/mol. The molecule has 3 aliphatic heterocycles. The molecule has 2 saturated heterocycles. The molecule has 0 radical (unpaired) electrons. The van der Waals surface area contributed by atoms with Crippen LogP contribution in [0, 0.1) is 11.7 Å². The highest BCUT2D eigenvalue weighted by atomic mass is 35.5. The number of carbonyl (C=O) groups is 2. The second-order valence-electron chi connectivity index (χ2n) is 11.8. The number of thioether (sulfide) groups is 1. The molecule has 1 N–H and O–H groups in total. The van der Waals surface area contributed by atoms with Crippen molar-refractivity contribution >= 4 is 41.0 Å². The number of fused-ring (bicyclic) bond motifs is 2. The molecule has 226 valence electrons. The van der Waals surface area contributed by atoms with Gasteiger partial charge in [-0.15, -0.1) is 0 Å². The van der Waals surface area contributed by atoms with Crippen molar-refractivity contribution in [3.63, 3.8) is 0 Å². The number of piperidine rings is 2. The molecule has 0 spiro atoms. The van der Waals surface area contributed by atoms with Crippen molar-refractivity contribution in [1.82, 2.24) is 15.1 Å². The number of rotatable bonds is 8. The minimum absolute atomic E-state index is 0.0319. The molecule has 6 rings (SSSR count). The second kappa shape index (κ2) is 13.7. The van der Waals surface area contributed by atoms with E-state index in [0.717, 1.165) is 50.2 Å². The molecule has 3 heterocycles. The van der Waals surface area contributed by atoms with Crippen LogP contribution >= 0.6 is 23.4 Å². The first-order valence-electron chi connectivity index (χ1n) is 15.3. The number of anilines is 1. The number of hydrogen-bond donors (Lipinski definition) is 1. The maximum Gasteiger partial charge on any atom is 0.325 e. The fourth-order valence-electron chi connectivity index (χ4n) is 6.39. The molecule has 9 heteroatoms. The first kappa shape index (κ1) is 30.0. The number of amides is 3. The summed E-state index contributed by atoms with van der Waals surface area (Å²) in [6.45, 7) is 4.25. The molecule has 3 amide bonds. The van der Waals surface area contributed by atoms with Gasteiger partial charge in [0, 0.05) is 35.1 Å². The molecule has 0 bridgehead atoms. The summed E-state index contributed by atoms with van der Waals surface area (Å²) in [5, 5.41) is 3.53. The van der Waals surface area contributed by atoms with Gasteiger partial charge in [-0.05, 0) is 105 Å². The highest BCUT2D eigenvalue weighted by Crippen LogP contribution is 2.43. The van der Waals surface area contributed by atoms with Crippen molar-refractivity contribution in [2.24, 2.45) is 5.92 Å². The van der Waals surface area contributed by atoms with E-state index in [1.165, 1.54) is 36.6 Å². The van der Waals surface area contributed by atoms with E-state index in [0.29, 0.717) is 40.8 Å². The average Bonchev–Trinajstić information content (AvgIpc) is 3.14. The van der Waals surface area contributed by atoms with Crippen molar-refractivity contribution < 1.29 is 14.0 Å². The zero-order chi connectivity index (χ0) is 29.8. The Morgan fingerprint density at radius 1 is 0.977 bits per heavy atom. The highest BCUT2D eigenvalue weighted by Gasteiger charge is 2.36. The predicted molar refractivity (Wildman–Crippen MR) is 171 cm³/mol. The molecule has 43 heavy (non-hydrogen) atoms. The number of hydrogen-bond acceptors (Lipinski definition) is 4. The summed E-state index contributed by atoms with van der Waals surface area (Å²) in [7, 11) is 0. The lowest BCUT2D eigenvalue weighted by Gasteiger charge is -2.35. The highest BCUT2D eigenvalue weighted by molar-refractivity contribution is 8.00. The zero-order valence-electron chi connectivity index (χ0n) is 24.3. The SMILES string of the molecule is O=C(NCCN1CCC(Cc2ccccc2)CC1)c1ccc2c(c1)N(Cc1cc(F)ccc1Cl)C(=O)N1CCCC[C@@H]1S2. The van der Waals surface area contributed by atoms with E-state index in [1.54, 1.807) is 22.7 Å². The van der Waals surface area contributed by atoms with E-state index in [9.17, 15) is 14.0 Å². The number of benzene rings is 3. The number of likely N-dealkylation sites (tertiary alicyclic amines) is 1. The molecular weight excluding hydrogens is 583 g/mol. The van der Waals surface area contributed by atoms with Crippen LogP contribution in [0.2, 0.25) is 5.02 Å². The molecule has 0 unspecified atom stereocenters. The third-order valence-corrected chi connectivity index (χ3v) is 10.6. The molecule has 2 fully saturated rings. The van der Waals surface area contributed by atoms with E-state index in [-0.39, 0.29) is 23.9 Å². The Labute approximate surface area is 262 Å². The fraction of sp³-hybridized carbons (Fsp3) is 0.412. The number of halogens is 2. The van der Waals surface area contributed by atoms with E-state index in [1.807, 2.05) is 17.0 Å². The Morgan fingerprint density at radius 2 is 1.79 bits per heavy atom. The van der Waals surface area contributed by atoms with Crippen LogP contribution in [0.15, 0.2) is 71.6 Å². The zero-order valence-corrected chi connectivity index (χ0v) is 25.9. The third-order valence-electron chi connectivity index (χ3n) is 8.82. The summed E-state index contributed by atoms with van der Waals surface area (Å²) in [4.78, 5) is 34.1. The van der Waals surface area contributed by atoms with Crippen LogP contribution < -0.4 is 10.2 Å². The van der Waals surface area contributed by atoms with Gasteiger partial charge in [-0.1, -0.05) is 53.7 Å². The van der Waals surface area contributed by atoms with Crippen LogP contribution in [-0.4, -0.2) is 59.8 Å². The van der Waals surface area contributed by atoms with Crippen LogP contribution in [0.4, 0.5) is 14.9 Å². The fourth-order valence-corrected chi connectivity index (χ4v) is 7.91. The van der Waals surface area contributed by atoms with Gasteiger partial charge in [0.1, 0.15) is 5.82 Å². The third kappa shape index (κ3) is 7.19. The van der Waals surface area contributed by atoms with Gasteiger partial charge in [-0.3, -0.25) is 9.69 Å². The van der Waals surface area contributed by atoms with Gasteiger partial charge in [0.2, 0.25) is 0 Å². The number of carbonyl (C=O) groups excluding carboxylic acids is 2. The van der Waals surface area contributed by atoms with Gasteiger partial charge in [0.25, 0.3) is 5.91 Å². The molecule has 3 aliphatic rings. The van der Waals surface area contributed by atoms with Crippen molar-refractivity contribution in [3.05, 3.63) is 94.3 Å². The largest absolute Gasteiger partial charge is 0.351 e. The quantitative estimate of drug-likeness (QED) is 0.289. The van der Waals surface area contributed by atoms with Gasteiger partial charge < -0.3 is 15.1 Å². The summed E-state index contributed by atoms with van der Waals surface area (Å²) in [6.07, 6.45) is 6.40. The van der Waals surface area contributed by atoms with Crippen molar-refractivity contribution in [1.29, 1.82) is 0 Å². The van der Waals surface area contributed by atoms with E-state index < -0.39 is 5.82 Å². The summed E-state index contributed by atoms with van der Waals surface area (Å²) in [5.74, 6) is 0.143. The second-order valence-corrected chi connectivity index (χ2v) is 13.4. The molecule has 0 aromatic heterocycles. The average molecular weight is 621 g/mol. The Bertz CT molecular complexity index is 1450. The molecule has 0 aliphatic carbocycles. The molecule has 6 nitrogen and oxygen atoms in total. The molecule has 1 atom stereocenters. The summed E-state index contributed by atoms with van der Waals surface area (Å²) < 4.78 is 14.1. The van der Waals surface area contributed by atoms with Crippen molar-refractivity contribution in [2.45, 2.75) is 55.3 Å². The first-order chi connectivity index (χ1) is 20.9. The lowest BCUT2D eigenvalue weighted by atomic mass is 9.90. The molecule has 0 saturated carbocycles. The minimum atomic E-state index is -0.402. The van der Waals surface area contributed by atoms with E-state index in [2.05, 4.69) is 40.5 Å². The van der Waals surface area contributed by atoms with Crippen LogP contribution in [-0.2, 0) is 13.0 Å². The lowest BCUT2D eigenvalue weighted by Crippen LogP contribution is -2.47. The van der Waals surface area contributed by atoms with Gasteiger partial charge in [-0.2, -0.15) is 0 Å². The number of nitrogens with one attached hydrogen (secondary N) is 1. The molecule has 3 aromatic carbocycles. The maximum atomic E-state index is 14.1. The molecular formula is C34H38ClFN4O2S. The van der Waals surface area contributed by atoms with Gasteiger partial charge in [-0.25, -0.2) is 9.18 Å².